The number of aromatic nitrogens is 3. The lowest BCUT2D eigenvalue weighted by molar-refractivity contribution is 0.0700. The molecule has 3 aromatic heterocycles. The average molecular weight is 493 g/mol. The van der Waals surface area contributed by atoms with Gasteiger partial charge in [0, 0.05) is 19.3 Å². The average Bonchev–Trinajstić information content (AvgIpc) is 3.16. The minimum absolute atomic E-state index is 0.189. The number of nitrogens with zero attached hydrogens (tertiary/aromatic N) is 4. The second-order valence-electron chi connectivity index (χ2n) is 8.72. The molecule has 0 bridgehead atoms. The number of benzene rings is 1. The van der Waals surface area contributed by atoms with Crippen molar-refractivity contribution in [2.24, 2.45) is 11.8 Å². The van der Waals surface area contributed by atoms with E-state index < -0.39 is 11.9 Å². The van der Waals surface area contributed by atoms with Gasteiger partial charge in [-0.05, 0) is 48.1 Å². The fraction of sp³-hybridized carbons (Fsp3) is 0.250. The molecule has 178 valence electrons. The third kappa shape index (κ3) is 3.97. The number of ether oxygens (including phenoxy) is 1. The highest BCUT2D eigenvalue weighted by Gasteiger charge is 2.54. The van der Waals surface area contributed by atoms with Crippen LogP contribution in [0.4, 0.5) is 14.3 Å². The van der Waals surface area contributed by atoms with Gasteiger partial charge < -0.3 is 20.7 Å². The van der Waals surface area contributed by atoms with Gasteiger partial charge in [0.05, 0.1) is 17.1 Å². The quantitative estimate of drug-likeness (QED) is 0.441. The molecule has 1 aliphatic carbocycles. The van der Waals surface area contributed by atoms with Gasteiger partial charge in [0.2, 0.25) is 5.88 Å². The van der Waals surface area contributed by atoms with Gasteiger partial charge in [0.25, 0.3) is 5.91 Å². The van der Waals surface area contributed by atoms with Crippen LogP contribution in [0.1, 0.15) is 16.9 Å². The Labute approximate surface area is 203 Å². The van der Waals surface area contributed by atoms with Crippen LogP contribution >= 0.6 is 11.3 Å². The standard InChI is InChI=1S/C24H21FN6O3S/c25-15-5-3-4-13(8-15)21-20(29-23(26)35-21)22(32)31-12-14-9-16(14)17(31)10-28-24(33)34-19-11-27-18-6-1-2-7-30(18)19/h1-8,11,14,16-17H,9-10,12H2,(H2,26,29)(H,28,33)/t14-,16-,17+/m0/s1. The molecule has 2 aliphatic rings. The summed E-state index contributed by atoms with van der Waals surface area (Å²) in [6.45, 7) is 0.829. The maximum absolute atomic E-state index is 13.8. The fourth-order valence-corrected chi connectivity index (χ4v) is 5.63. The van der Waals surface area contributed by atoms with Gasteiger partial charge >= 0.3 is 6.09 Å². The summed E-state index contributed by atoms with van der Waals surface area (Å²) in [7, 11) is 0. The van der Waals surface area contributed by atoms with Crippen molar-refractivity contribution in [2.45, 2.75) is 12.5 Å². The summed E-state index contributed by atoms with van der Waals surface area (Å²) in [6.07, 6.45) is 3.63. The third-order valence-corrected chi connectivity index (χ3v) is 7.47. The van der Waals surface area contributed by atoms with Crippen molar-refractivity contribution < 1.29 is 18.7 Å². The predicted molar refractivity (Wildman–Crippen MR) is 128 cm³/mol. The number of hydrogen-bond acceptors (Lipinski definition) is 7. The van der Waals surface area contributed by atoms with Crippen molar-refractivity contribution in [1.82, 2.24) is 24.6 Å². The van der Waals surface area contributed by atoms with Crippen LogP contribution in [0.5, 0.6) is 5.88 Å². The number of pyridine rings is 1. The van der Waals surface area contributed by atoms with Crippen LogP contribution in [-0.4, -0.2) is 50.4 Å². The van der Waals surface area contributed by atoms with Crippen molar-refractivity contribution >= 4 is 34.1 Å². The minimum atomic E-state index is -0.620. The SMILES string of the molecule is Nc1nc(C(=O)N2C[C@@H]3C[C@@H]3[C@H]2CNC(=O)Oc2cnc3ccccn23)c(-c2cccc(F)c2)s1. The number of likely N-dealkylation sites (tertiary alicyclic amines) is 1. The molecular formula is C24H21FN6O3S. The number of amides is 2. The first kappa shape index (κ1) is 21.5. The van der Waals surface area contributed by atoms with Gasteiger partial charge in [-0.15, -0.1) is 0 Å². The summed E-state index contributed by atoms with van der Waals surface area (Å²) < 4.78 is 20.9. The van der Waals surface area contributed by atoms with Gasteiger partial charge in [0.1, 0.15) is 17.2 Å². The first-order chi connectivity index (χ1) is 17.0. The molecule has 35 heavy (non-hydrogen) atoms. The summed E-state index contributed by atoms with van der Waals surface area (Å²) in [5, 5.41) is 3.03. The van der Waals surface area contributed by atoms with Crippen LogP contribution in [-0.2, 0) is 0 Å². The number of halogens is 1. The lowest BCUT2D eigenvalue weighted by Gasteiger charge is -2.27. The van der Waals surface area contributed by atoms with E-state index in [1.54, 1.807) is 27.6 Å². The van der Waals surface area contributed by atoms with E-state index in [2.05, 4.69) is 15.3 Å². The van der Waals surface area contributed by atoms with E-state index >= 15 is 0 Å². The number of nitrogens with one attached hydrogen (secondary N) is 1. The number of thiazole rings is 1. The Morgan fingerprint density at radius 2 is 2.14 bits per heavy atom. The number of fused-ring (bicyclic) bond motifs is 2. The Hall–Kier alpha value is -3.99. The maximum atomic E-state index is 13.8. The molecule has 4 aromatic rings. The van der Waals surface area contributed by atoms with Crippen molar-refractivity contribution in [3.05, 3.63) is 66.4 Å². The summed E-state index contributed by atoms with van der Waals surface area (Å²) in [5.74, 6) is 0.338. The fourth-order valence-electron chi connectivity index (χ4n) is 4.81. The number of hydrogen-bond donors (Lipinski definition) is 2. The van der Waals surface area contributed by atoms with E-state index in [4.69, 9.17) is 10.5 Å². The van der Waals surface area contributed by atoms with E-state index in [1.807, 2.05) is 18.2 Å². The number of anilines is 1. The largest absolute Gasteiger partial charge is 0.414 e. The zero-order valence-corrected chi connectivity index (χ0v) is 19.2. The first-order valence-corrected chi connectivity index (χ1v) is 12.0. The molecule has 0 radical (unpaired) electrons. The molecule has 1 aliphatic heterocycles. The van der Waals surface area contributed by atoms with Gasteiger partial charge in [-0.2, -0.15) is 0 Å². The normalized spacial score (nSPS) is 20.6. The zero-order chi connectivity index (χ0) is 24.1. The third-order valence-electron chi connectivity index (χ3n) is 6.53. The summed E-state index contributed by atoms with van der Waals surface area (Å²) in [4.78, 5) is 36.8. The van der Waals surface area contributed by atoms with Crippen LogP contribution in [0.3, 0.4) is 0 Å². The molecule has 0 unspecified atom stereocenters. The Morgan fingerprint density at radius 3 is 3.00 bits per heavy atom. The summed E-state index contributed by atoms with van der Waals surface area (Å²) in [6, 6.07) is 11.3. The van der Waals surface area contributed by atoms with Crippen LogP contribution in [0, 0.1) is 17.7 Å². The summed E-state index contributed by atoms with van der Waals surface area (Å²) >= 11 is 1.15. The number of carbonyl (C=O) groups is 2. The van der Waals surface area contributed by atoms with Crippen LogP contribution < -0.4 is 15.8 Å². The molecule has 2 fully saturated rings. The Kier molecular flexibility index (Phi) is 5.14. The van der Waals surface area contributed by atoms with Crippen molar-refractivity contribution in [2.75, 3.05) is 18.8 Å². The molecular weight excluding hydrogens is 471 g/mol. The summed E-state index contributed by atoms with van der Waals surface area (Å²) in [5.41, 5.74) is 7.35. The smallest absolute Gasteiger partial charge is 0.391 e. The van der Waals surface area contributed by atoms with Crippen LogP contribution in [0.15, 0.2) is 54.9 Å². The molecule has 4 heterocycles. The second kappa shape index (κ2) is 8.35. The highest BCUT2D eigenvalue weighted by molar-refractivity contribution is 7.19. The minimum Gasteiger partial charge on any atom is -0.391 e. The lowest BCUT2D eigenvalue weighted by Crippen LogP contribution is -2.46. The van der Waals surface area contributed by atoms with Crippen molar-refractivity contribution in [3.8, 4) is 16.3 Å². The van der Waals surface area contributed by atoms with E-state index in [9.17, 15) is 14.0 Å². The molecule has 1 saturated heterocycles. The van der Waals surface area contributed by atoms with E-state index in [0.717, 1.165) is 17.8 Å². The van der Waals surface area contributed by atoms with E-state index in [1.165, 1.54) is 18.3 Å². The monoisotopic (exact) mass is 492 g/mol. The topological polar surface area (TPSA) is 115 Å². The molecule has 1 saturated carbocycles. The second-order valence-corrected chi connectivity index (χ2v) is 9.75. The van der Waals surface area contributed by atoms with E-state index in [-0.39, 0.29) is 29.3 Å². The van der Waals surface area contributed by atoms with E-state index in [0.29, 0.717) is 40.3 Å². The molecule has 3 N–H and O–H groups in total. The van der Waals surface area contributed by atoms with Gasteiger partial charge in [0.15, 0.2) is 5.13 Å². The van der Waals surface area contributed by atoms with Crippen molar-refractivity contribution in [1.29, 1.82) is 0 Å². The van der Waals surface area contributed by atoms with Gasteiger partial charge in [-0.25, -0.2) is 19.2 Å². The van der Waals surface area contributed by atoms with Gasteiger partial charge in [-0.3, -0.25) is 9.20 Å². The molecule has 3 atom stereocenters. The van der Waals surface area contributed by atoms with Gasteiger partial charge in [-0.1, -0.05) is 29.5 Å². The number of nitrogen functional groups attached to an aromatic ring is 1. The highest BCUT2D eigenvalue weighted by Crippen LogP contribution is 2.50. The number of imidazole rings is 1. The number of rotatable bonds is 5. The van der Waals surface area contributed by atoms with Crippen molar-refractivity contribution in [3.63, 3.8) is 0 Å². The maximum Gasteiger partial charge on any atom is 0.414 e. The predicted octanol–water partition coefficient (Wildman–Crippen LogP) is 3.43. The van der Waals surface area contributed by atoms with Crippen LogP contribution in [0.2, 0.25) is 0 Å². The Bertz CT molecular complexity index is 1450. The first-order valence-electron chi connectivity index (χ1n) is 11.2. The number of piperidine rings is 1. The molecule has 11 heteroatoms. The molecule has 0 spiro atoms. The Balaban J connectivity index is 1.17. The molecule has 2 amide bonds. The molecule has 9 nitrogen and oxygen atoms in total. The van der Waals surface area contributed by atoms with Crippen LogP contribution in [0.25, 0.3) is 16.1 Å². The molecule has 6 rings (SSSR count). The highest BCUT2D eigenvalue weighted by atomic mass is 32.1. The Morgan fingerprint density at radius 1 is 1.26 bits per heavy atom. The molecule has 1 aromatic carbocycles. The number of nitrogens with two attached hydrogens (primary N) is 1. The zero-order valence-electron chi connectivity index (χ0n) is 18.4. The number of carbonyl (C=O) groups excluding carboxylic acids is 2. The lowest BCUT2D eigenvalue weighted by atomic mass is 10.1.